The van der Waals surface area contributed by atoms with E-state index in [-0.39, 0.29) is 6.10 Å². The third-order valence-electron chi connectivity index (χ3n) is 4.09. The molecule has 2 N–H and O–H groups in total. The van der Waals surface area contributed by atoms with Gasteiger partial charge >= 0.3 is 0 Å². The molecule has 1 aliphatic heterocycles. The average molecular weight is 359 g/mol. The molecule has 1 atom stereocenters. The predicted molar refractivity (Wildman–Crippen MR) is 104 cm³/mol. The maximum absolute atomic E-state index is 5.95. The largest absolute Gasteiger partial charge is 0.488 e. The number of nitrogens with zero attached hydrogens (tertiary/aromatic N) is 2. The van der Waals surface area contributed by atoms with Crippen LogP contribution in [0.2, 0.25) is 0 Å². The summed E-state index contributed by atoms with van der Waals surface area (Å²) in [7, 11) is 0. The fourth-order valence-electron chi connectivity index (χ4n) is 2.83. The van der Waals surface area contributed by atoms with E-state index in [0.29, 0.717) is 6.54 Å². The summed E-state index contributed by atoms with van der Waals surface area (Å²) in [5.74, 6) is 1.84. The highest BCUT2D eigenvalue weighted by molar-refractivity contribution is 7.09. The summed E-state index contributed by atoms with van der Waals surface area (Å²) >= 11 is 1.74. The van der Waals surface area contributed by atoms with Crippen LogP contribution in [0.15, 0.2) is 34.6 Å². The number of hydrogen-bond donors (Lipinski definition) is 2. The summed E-state index contributed by atoms with van der Waals surface area (Å²) in [4.78, 5) is 9.28. The number of fused-ring (bicyclic) bond motifs is 1. The van der Waals surface area contributed by atoms with Crippen LogP contribution in [0.3, 0.4) is 0 Å². The molecule has 25 heavy (non-hydrogen) atoms. The Morgan fingerprint density at radius 2 is 2.20 bits per heavy atom. The highest BCUT2D eigenvalue weighted by Crippen LogP contribution is 2.28. The van der Waals surface area contributed by atoms with E-state index in [2.05, 4.69) is 52.0 Å². The number of aromatic nitrogens is 1. The van der Waals surface area contributed by atoms with Crippen LogP contribution >= 0.6 is 11.3 Å². The van der Waals surface area contributed by atoms with Gasteiger partial charge in [-0.15, -0.1) is 11.3 Å². The molecule has 134 valence electrons. The van der Waals surface area contributed by atoms with Gasteiger partial charge in [0.2, 0.25) is 0 Å². The Labute approximate surface area is 153 Å². The molecular formula is C19H26N4OS. The fraction of sp³-hybridized carbons (Fsp3) is 0.474. The summed E-state index contributed by atoms with van der Waals surface area (Å²) in [6, 6.07) is 8.22. The third-order valence-corrected chi connectivity index (χ3v) is 5.13. The summed E-state index contributed by atoms with van der Waals surface area (Å²) in [6.07, 6.45) is 2.97. The Kier molecular flexibility index (Phi) is 6.28. The van der Waals surface area contributed by atoms with Crippen molar-refractivity contribution in [3.63, 3.8) is 0 Å². The number of para-hydroxylation sites is 1. The smallest absolute Gasteiger partial charge is 0.191 e. The molecule has 0 spiro atoms. The van der Waals surface area contributed by atoms with Crippen molar-refractivity contribution in [1.82, 2.24) is 15.6 Å². The van der Waals surface area contributed by atoms with Crippen molar-refractivity contribution in [2.75, 3.05) is 19.6 Å². The van der Waals surface area contributed by atoms with Gasteiger partial charge in [-0.25, -0.2) is 9.98 Å². The topological polar surface area (TPSA) is 58.5 Å². The quantitative estimate of drug-likeness (QED) is 0.590. The average Bonchev–Trinajstić information content (AvgIpc) is 3.25. The van der Waals surface area contributed by atoms with Crippen LogP contribution in [0.5, 0.6) is 5.75 Å². The highest BCUT2D eigenvalue weighted by Gasteiger charge is 2.21. The molecule has 3 rings (SSSR count). The Bertz CT molecular complexity index is 688. The molecule has 1 unspecified atom stereocenters. The van der Waals surface area contributed by atoms with Crippen molar-refractivity contribution in [1.29, 1.82) is 0 Å². The van der Waals surface area contributed by atoms with Gasteiger partial charge in [-0.1, -0.05) is 25.1 Å². The lowest BCUT2D eigenvalue weighted by Crippen LogP contribution is -2.39. The first-order valence-corrected chi connectivity index (χ1v) is 9.86. The lowest BCUT2D eigenvalue weighted by molar-refractivity contribution is 0.241. The second kappa shape index (κ2) is 8.85. The molecule has 0 saturated carbocycles. The van der Waals surface area contributed by atoms with Crippen LogP contribution in [0.1, 0.15) is 30.1 Å². The first kappa shape index (κ1) is 17.7. The number of hydrogen-bond acceptors (Lipinski definition) is 4. The number of rotatable bonds is 7. The number of nitrogens with one attached hydrogen (secondary N) is 2. The van der Waals surface area contributed by atoms with Gasteiger partial charge in [0, 0.05) is 31.3 Å². The minimum Gasteiger partial charge on any atom is -0.488 e. The lowest BCUT2D eigenvalue weighted by atomic mass is 10.1. The Hall–Kier alpha value is -2.08. The Balaban J connectivity index is 1.48. The SMILES string of the molecule is CCNC(=NCC1Cc2ccccc2O1)NCCc1csc(CC)n1. The van der Waals surface area contributed by atoms with E-state index in [1.54, 1.807) is 11.3 Å². The van der Waals surface area contributed by atoms with Crippen molar-refractivity contribution < 1.29 is 4.74 Å². The molecule has 2 heterocycles. The lowest BCUT2D eigenvalue weighted by Gasteiger charge is -2.13. The zero-order chi connectivity index (χ0) is 17.5. The van der Waals surface area contributed by atoms with Gasteiger partial charge < -0.3 is 15.4 Å². The molecule has 0 aliphatic carbocycles. The first-order chi connectivity index (χ1) is 12.3. The fourth-order valence-corrected chi connectivity index (χ4v) is 3.60. The Morgan fingerprint density at radius 1 is 1.32 bits per heavy atom. The maximum atomic E-state index is 5.95. The van der Waals surface area contributed by atoms with E-state index in [1.165, 1.54) is 10.6 Å². The number of ether oxygens (including phenoxy) is 1. The normalized spacial score (nSPS) is 16.4. The van der Waals surface area contributed by atoms with Gasteiger partial charge in [-0.2, -0.15) is 0 Å². The number of benzene rings is 1. The molecule has 5 nitrogen and oxygen atoms in total. The first-order valence-electron chi connectivity index (χ1n) is 8.98. The van der Waals surface area contributed by atoms with E-state index >= 15 is 0 Å². The molecule has 2 aromatic rings. The minimum atomic E-state index is 0.124. The van der Waals surface area contributed by atoms with Crippen molar-refractivity contribution in [3.05, 3.63) is 45.9 Å². The molecule has 0 fully saturated rings. The summed E-state index contributed by atoms with van der Waals surface area (Å²) in [6.45, 7) is 6.53. The third kappa shape index (κ3) is 4.95. The van der Waals surface area contributed by atoms with Crippen LogP contribution in [0.4, 0.5) is 0 Å². The van der Waals surface area contributed by atoms with Gasteiger partial charge in [0.25, 0.3) is 0 Å². The van der Waals surface area contributed by atoms with Crippen LogP contribution in [-0.4, -0.2) is 36.7 Å². The van der Waals surface area contributed by atoms with Gasteiger partial charge in [0.15, 0.2) is 5.96 Å². The molecule has 0 bridgehead atoms. The van der Waals surface area contributed by atoms with Crippen LogP contribution in [0, 0.1) is 0 Å². The van der Waals surface area contributed by atoms with Gasteiger partial charge in [0.05, 0.1) is 17.2 Å². The second-order valence-electron chi connectivity index (χ2n) is 6.03. The molecule has 1 aliphatic rings. The van der Waals surface area contributed by atoms with Gasteiger partial charge in [0.1, 0.15) is 11.9 Å². The van der Waals surface area contributed by atoms with Crippen molar-refractivity contribution in [2.24, 2.45) is 4.99 Å². The zero-order valence-corrected chi connectivity index (χ0v) is 15.7. The summed E-state index contributed by atoms with van der Waals surface area (Å²) in [5.41, 5.74) is 2.43. The second-order valence-corrected chi connectivity index (χ2v) is 6.98. The van der Waals surface area contributed by atoms with Crippen LogP contribution in [0.25, 0.3) is 0 Å². The number of aryl methyl sites for hydroxylation is 1. The summed E-state index contributed by atoms with van der Waals surface area (Å²) in [5, 5.41) is 10.0. The van der Waals surface area contributed by atoms with E-state index in [9.17, 15) is 0 Å². The van der Waals surface area contributed by atoms with Gasteiger partial charge in [-0.3, -0.25) is 0 Å². The van der Waals surface area contributed by atoms with Crippen LogP contribution < -0.4 is 15.4 Å². The molecule has 0 radical (unpaired) electrons. The van der Waals surface area contributed by atoms with Crippen molar-refractivity contribution in [2.45, 2.75) is 39.2 Å². The minimum absolute atomic E-state index is 0.124. The standard InChI is InChI=1S/C19H26N4OS/c1-3-18-23-15(13-25-18)9-10-21-19(20-4-2)22-12-16-11-14-7-5-6-8-17(14)24-16/h5-8,13,16H,3-4,9-12H2,1-2H3,(H2,20,21,22). The number of guanidine groups is 1. The van der Waals surface area contributed by atoms with E-state index in [1.807, 2.05) is 12.1 Å². The van der Waals surface area contributed by atoms with Crippen molar-refractivity contribution in [3.8, 4) is 5.75 Å². The van der Waals surface area contributed by atoms with E-state index < -0.39 is 0 Å². The maximum Gasteiger partial charge on any atom is 0.191 e. The molecular weight excluding hydrogens is 332 g/mol. The molecule has 0 amide bonds. The van der Waals surface area contributed by atoms with Crippen LogP contribution in [-0.2, 0) is 19.3 Å². The van der Waals surface area contributed by atoms with E-state index in [4.69, 9.17) is 4.74 Å². The van der Waals surface area contributed by atoms with Crippen molar-refractivity contribution >= 4 is 17.3 Å². The number of thiazole rings is 1. The molecule has 1 aromatic carbocycles. The van der Waals surface area contributed by atoms with Gasteiger partial charge in [-0.05, 0) is 25.0 Å². The monoisotopic (exact) mass is 358 g/mol. The predicted octanol–water partition coefficient (Wildman–Crippen LogP) is 2.81. The Morgan fingerprint density at radius 3 is 2.96 bits per heavy atom. The molecule has 0 saturated heterocycles. The molecule has 1 aromatic heterocycles. The zero-order valence-electron chi connectivity index (χ0n) is 14.9. The highest BCUT2D eigenvalue weighted by atomic mass is 32.1. The molecule has 6 heteroatoms. The summed E-state index contributed by atoms with van der Waals surface area (Å²) < 4.78 is 5.95. The van der Waals surface area contributed by atoms with E-state index in [0.717, 1.165) is 49.8 Å². The number of aliphatic imine (C=N–C) groups is 1.